The second-order valence-corrected chi connectivity index (χ2v) is 9.39. The zero-order valence-corrected chi connectivity index (χ0v) is 19.8. The molecule has 0 aliphatic carbocycles. The van der Waals surface area contributed by atoms with E-state index >= 15 is 0 Å². The van der Waals surface area contributed by atoms with E-state index in [1.165, 1.54) is 11.1 Å². The van der Waals surface area contributed by atoms with E-state index in [9.17, 15) is 4.79 Å². The van der Waals surface area contributed by atoms with E-state index in [4.69, 9.17) is 9.47 Å². The van der Waals surface area contributed by atoms with Crippen molar-refractivity contribution in [3.8, 4) is 5.75 Å². The fraction of sp³-hybridized carbons (Fsp3) is 0.370. The maximum Gasteiger partial charge on any atom is 0.361 e. The first-order chi connectivity index (χ1) is 15.8. The Kier molecular flexibility index (Phi) is 6.75. The van der Waals surface area contributed by atoms with Crippen molar-refractivity contribution < 1.29 is 14.3 Å². The Labute approximate surface area is 195 Å². The summed E-state index contributed by atoms with van der Waals surface area (Å²) in [7, 11) is 0. The highest BCUT2D eigenvalue weighted by atomic mass is 16.6. The smallest absolute Gasteiger partial charge is 0.361 e. The molecule has 0 bridgehead atoms. The Morgan fingerprint density at radius 3 is 2.58 bits per heavy atom. The highest BCUT2D eigenvalue weighted by molar-refractivity contribution is 5.91. The second-order valence-electron chi connectivity index (χ2n) is 9.39. The molecule has 6 heteroatoms. The van der Waals surface area contributed by atoms with Gasteiger partial charge in [0.1, 0.15) is 18.0 Å². The minimum Gasteiger partial charge on any atom is -0.484 e. The van der Waals surface area contributed by atoms with Crippen molar-refractivity contribution in [2.24, 2.45) is 0 Å². The van der Waals surface area contributed by atoms with Gasteiger partial charge in [-0.2, -0.15) is 0 Å². The molecule has 0 spiro atoms. The lowest BCUT2D eigenvalue weighted by atomic mass is 9.97. The van der Waals surface area contributed by atoms with Crippen molar-refractivity contribution in [3.05, 3.63) is 88.0 Å². The number of fused-ring (bicyclic) bond motifs is 1. The SMILES string of the molecule is Cc1nc(Cc2ccc3c(c2)CCNC3)nc(C(=O)OC(C)(C)C)c1OCc1ccccc1. The van der Waals surface area contributed by atoms with E-state index in [-0.39, 0.29) is 5.69 Å². The minimum atomic E-state index is -0.640. The van der Waals surface area contributed by atoms with E-state index in [0.717, 1.165) is 30.6 Å². The van der Waals surface area contributed by atoms with E-state index in [1.54, 1.807) is 0 Å². The van der Waals surface area contributed by atoms with Gasteiger partial charge in [0.05, 0.1) is 5.69 Å². The first kappa shape index (κ1) is 22.9. The van der Waals surface area contributed by atoms with Gasteiger partial charge in [0.25, 0.3) is 0 Å². The predicted octanol–water partition coefficient (Wildman–Crippen LogP) is 4.56. The Balaban J connectivity index is 1.63. The average Bonchev–Trinajstić information content (AvgIpc) is 2.77. The fourth-order valence-electron chi connectivity index (χ4n) is 3.89. The molecule has 0 radical (unpaired) electrons. The molecule has 1 aliphatic rings. The third kappa shape index (κ3) is 5.96. The number of nitrogens with one attached hydrogen (secondary N) is 1. The molecule has 1 aliphatic heterocycles. The number of rotatable bonds is 6. The van der Waals surface area contributed by atoms with Crippen LogP contribution in [-0.4, -0.2) is 28.1 Å². The normalized spacial score (nSPS) is 13.3. The van der Waals surface area contributed by atoms with Crippen LogP contribution in [0.15, 0.2) is 48.5 Å². The Hall–Kier alpha value is -3.25. The molecule has 6 nitrogen and oxygen atoms in total. The molecule has 3 aromatic rings. The predicted molar refractivity (Wildman–Crippen MR) is 127 cm³/mol. The first-order valence-electron chi connectivity index (χ1n) is 11.4. The van der Waals surface area contributed by atoms with Crippen LogP contribution in [0.4, 0.5) is 0 Å². The molecule has 0 amide bonds. The van der Waals surface area contributed by atoms with Gasteiger partial charge in [-0.3, -0.25) is 0 Å². The van der Waals surface area contributed by atoms with Gasteiger partial charge >= 0.3 is 5.97 Å². The number of carbonyl (C=O) groups is 1. The number of hydrogen-bond acceptors (Lipinski definition) is 6. The van der Waals surface area contributed by atoms with Gasteiger partial charge in [-0.25, -0.2) is 14.8 Å². The van der Waals surface area contributed by atoms with Gasteiger partial charge < -0.3 is 14.8 Å². The monoisotopic (exact) mass is 445 g/mol. The number of benzene rings is 2. The molecule has 2 heterocycles. The molecule has 1 N–H and O–H groups in total. The summed E-state index contributed by atoms with van der Waals surface area (Å²) in [6.45, 7) is 9.58. The molecular weight excluding hydrogens is 414 g/mol. The number of aromatic nitrogens is 2. The average molecular weight is 446 g/mol. The van der Waals surface area contributed by atoms with Crippen LogP contribution in [0.3, 0.4) is 0 Å². The number of carbonyl (C=O) groups excluding carboxylic acids is 1. The van der Waals surface area contributed by atoms with Gasteiger partial charge in [-0.15, -0.1) is 0 Å². The maximum absolute atomic E-state index is 13.0. The highest BCUT2D eigenvalue weighted by Gasteiger charge is 2.26. The molecule has 1 aromatic heterocycles. The van der Waals surface area contributed by atoms with E-state index in [1.807, 2.05) is 58.0 Å². The molecule has 172 valence electrons. The van der Waals surface area contributed by atoms with Gasteiger partial charge in [0.15, 0.2) is 11.4 Å². The minimum absolute atomic E-state index is 0.172. The molecule has 4 rings (SSSR count). The van der Waals surface area contributed by atoms with Crippen LogP contribution in [0.1, 0.15) is 65.0 Å². The maximum atomic E-state index is 13.0. The van der Waals surface area contributed by atoms with Crippen LogP contribution in [0.5, 0.6) is 5.75 Å². The summed E-state index contributed by atoms with van der Waals surface area (Å²) in [6.07, 6.45) is 1.55. The van der Waals surface area contributed by atoms with Crippen LogP contribution in [0, 0.1) is 6.92 Å². The first-order valence-corrected chi connectivity index (χ1v) is 11.4. The van der Waals surface area contributed by atoms with Gasteiger partial charge in [-0.1, -0.05) is 48.5 Å². The largest absolute Gasteiger partial charge is 0.484 e. The lowest BCUT2D eigenvalue weighted by Crippen LogP contribution is -2.25. The zero-order chi connectivity index (χ0) is 23.4. The van der Waals surface area contributed by atoms with E-state index in [0.29, 0.717) is 30.3 Å². The zero-order valence-electron chi connectivity index (χ0n) is 19.8. The quantitative estimate of drug-likeness (QED) is 0.561. The summed E-state index contributed by atoms with van der Waals surface area (Å²) in [4.78, 5) is 22.3. The number of esters is 1. The molecule has 0 saturated carbocycles. The molecule has 0 saturated heterocycles. The van der Waals surface area contributed by atoms with Crippen LogP contribution in [0.2, 0.25) is 0 Å². The lowest BCUT2D eigenvalue weighted by molar-refractivity contribution is 0.00573. The van der Waals surface area contributed by atoms with E-state index < -0.39 is 11.6 Å². The van der Waals surface area contributed by atoms with Crippen molar-refractivity contribution in [1.29, 1.82) is 0 Å². The third-order valence-electron chi connectivity index (χ3n) is 5.42. The topological polar surface area (TPSA) is 73.3 Å². The van der Waals surface area contributed by atoms with Gasteiger partial charge in [0, 0.05) is 13.0 Å². The second kappa shape index (κ2) is 9.71. The Bertz CT molecular complexity index is 1140. The molecule has 0 atom stereocenters. The summed E-state index contributed by atoms with van der Waals surface area (Å²) < 4.78 is 11.7. The van der Waals surface area contributed by atoms with Gasteiger partial charge in [-0.05, 0) is 62.9 Å². The summed E-state index contributed by atoms with van der Waals surface area (Å²) in [6, 6.07) is 16.3. The van der Waals surface area contributed by atoms with Crippen molar-refractivity contribution in [2.45, 2.75) is 59.3 Å². The van der Waals surface area contributed by atoms with Crippen LogP contribution in [0.25, 0.3) is 0 Å². The number of ether oxygens (including phenoxy) is 2. The standard InChI is InChI=1S/C27H31N3O3/c1-18-25(32-17-19-8-6-5-7-9-19)24(26(31)33-27(2,3)4)30-23(29-18)15-20-10-11-22-16-28-13-12-21(22)14-20/h5-11,14,28H,12-13,15-17H2,1-4H3. The summed E-state index contributed by atoms with van der Waals surface area (Å²) in [5, 5.41) is 3.40. The molecule has 33 heavy (non-hydrogen) atoms. The van der Waals surface area contributed by atoms with Gasteiger partial charge in [0.2, 0.25) is 0 Å². The van der Waals surface area contributed by atoms with Crippen LogP contribution in [-0.2, 0) is 30.7 Å². The van der Waals surface area contributed by atoms with E-state index in [2.05, 4.69) is 33.5 Å². The third-order valence-corrected chi connectivity index (χ3v) is 5.42. The molecule has 0 unspecified atom stereocenters. The molecular formula is C27H31N3O3. The fourth-order valence-corrected chi connectivity index (χ4v) is 3.89. The van der Waals surface area contributed by atoms with Crippen molar-refractivity contribution >= 4 is 5.97 Å². The molecule has 0 fully saturated rings. The molecule has 2 aromatic carbocycles. The summed E-state index contributed by atoms with van der Waals surface area (Å²) >= 11 is 0. The number of aryl methyl sites for hydroxylation is 1. The number of nitrogens with zero attached hydrogens (tertiary/aromatic N) is 2. The van der Waals surface area contributed by atoms with Crippen molar-refractivity contribution in [2.75, 3.05) is 6.54 Å². The summed E-state index contributed by atoms with van der Waals surface area (Å²) in [5.74, 6) is 0.441. The van der Waals surface area contributed by atoms with Crippen LogP contribution >= 0.6 is 0 Å². The Morgan fingerprint density at radius 2 is 1.82 bits per heavy atom. The van der Waals surface area contributed by atoms with Crippen molar-refractivity contribution in [1.82, 2.24) is 15.3 Å². The summed E-state index contributed by atoms with van der Waals surface area (Å²) in [5.41, 5.74) is 4.98. The number of hydrogen-bond donors (Lipinski definition) is 1. The van der Waals surface area contributed by atoms with Crippen LogP contribution < -0.4 is 10.1 Å². The highest BCUT2D eigenvalue weighted by Crippen LogP contribution is 2.26. The lowest BCUT2D eigenvalue weighted by Gasteiger charge is -2.21. The Morgan fingerprint density at radius 1 is 1.03 bits per heavy atom. The van der Waals surface area contributed by atoms with Crippen molar-refractivity contribution in [3.63, 3.8) is 0 Å².